The Bertz CT molecular complexity index is 3540. The molecule has 0 spiro atoms. The average Bonchev–Trinajstić information content (AvgIpc) is 3.90. The smallest absolute Gasteiger partial charge is 0.140 e. The van der Waals surface area contributed by atoms with E-state index in [9.17, 15) is 0 Å². The topological polar surface area (TPSA) is 32.8 Å². The predicted octanol–water partition coefficient (Wildman–Crippen LogP) is 17.0. The lowest BCUT2D eigenvalue weighted by atomic mass is 9.78. The van der Waals surface area contributed by atoms with Crippen LogP contribution in [0.5, 0.6) is 0 Å². The first-order chi connectivity index (χ1) is 30.6. The monoisotopic (exact) mass is 794 g/mol. The first-order valence-electron chi connectivity index (χ1n) is 21.2. The fraction of sp³-hybridized carbons (Fsp3) is 0.0345. The van der Waals surface area contributed by atoms with Gasteiger partial charge in [0.2, 0.25) is 0 Å². The molecule has 0 saturated carbocycles. The molecule has 13 rings (SSSR count). The van der Waals surface area contributed by atoms with Crippen LogP contribution in [0.2, 0.25) is 0 Å². The Labute approximate surface area is 358 Å². The van der Waals surface area contributed by atoms with Gasteiger partial charge >= 0.3 is 0 Å². The van der Waals surface area contributed by atoms with Crippen molar-refractivity contribution in [1.82, 2.24) is 0 Å². The number of hydrogen-bond donors (Lipinski definition) is 0. The molecule has 12 aromatic rings. The van der Waals surface area contributed by atoms with E-state index in [1.807, 2.05) is 24.3 Å². The molecule has 0 atom stereocenters. The molecule has 0 radical (unpaired) electrons. The number of aryl methyl sites for hydroxylation is 2. The second kappa shape index (κ2) is 13.2. The highest BCUT2D eigenvalue weighted by Crippen LogP contribution is 2.52. The molecule has 4 heteroatoms. The maximum absolute atomic E-state index is 6.48. The molecule has 0 amide bonds. The molecule has 0 fully saturated rings. The standard InChI is InChI=1S/C58H38N2O2/c1-35-53(27-25-47-45-17-9-11-19-55(45)61-57(35)47)59(41-13-5-3-6-14-41)43-23-21-37-31-49-50-32-38-22-24-44(30-40(38)34-52(50)51(49)33-39(37)29-43)60(42-15-7-4-8-16-42)54-28-26-48-46-18-10-12-20-56(46)62-58(48)36(54)2/h3-34H,1-2H3. The zero-order valence-electron chi connectivity index (χ0n) is 34.2. The Hall–Kier alpha value is -8.08. The minimum atomic E-state index is 0.909. The number of anilines is 6. The van der Waals surface area contributed by atoms with Gasteiger partial charge in [-0.25, -0.2) is 0 Å². The van der Waals surface area contributed by atoms with Crippen molar-refractivity contribution in [3.63, 3.8) is 0 Å². The molecule has 2 aromatic heterocycles. The summed E-state index contributed by atoms with van der Waals surface area (Å²) in [6.07, 6.45) is 0. The van der Waals surface area contributed by atoms with Crippen molar-refractivity contribution in [2.45, 2.75) is 13.8 Å². The fourth-order valence-electron chi connectivity index (χ4n) is 10.00. The molecule has 10 aromatic carbocycles. The van der Waals surface area contributed by atoms with E-state index >= 15 is 0 Å². The van der Waals surface area contributed by atoms with E-state index in [1.165, 1.54) is 43.8 Å². The Morgan fingerprint density at radius 3 is 1.13 bits per heavy atom. The van der Waals surface area contributed by atoms with Gasteiger partial charge in [0, 0.05) is 55.4 Å². The molecule has 0 saturated heterocycles. The molecule has 4 nitrogen and oxygen atoms in total. The van der Waals surface area contributed by atoms with Crippen molar-refractivity contribution in [2.75, 3.05) is 9.80 Å². The molecule has 0 unspecified atom stereocenters. The van der Waals surface area contributed by atoms with Gasteiger partial charge < -0.3 is 18.6 Å². The number of para-hydroxylation sites is 4. The minimum Gasteiger partial charge on any atom is -0.456 e. The summed E-state index contributed by atoms with van der Waals surface area (Å²) in [6, 6.07) is 69.9. The number of furan rings is 2. The Morgan fingerprint density at radius 2 is 0.694 bits per heavy atom. The minimum absolute atomic E-state index is 0.909. The van der Waals surface area contributed by atoms with Crippen LogP contribution in [-0.2, 0) is 0 Å². The van der Waals surface area contributed by atoms with Crippen molar-refractivity contribution >= 4 is 99.5 Å². The summed E-state index contributed by atoms with van der Waals surface area (Å²) in [5.74, 6) is 0. The number of benzene rings is 10. The maximum atomic E-state index is 6.48. The normalized spacial score (nSPS) is 12.0. The Balaban J connectivity index is 0.912. The number of nitrogens with zero attached hydrogens (tertiary/aromatic N) is 2. The highest BCUT2D eigenvalue weighted by atomic mass is 16.3. The second-order valence-corrected chi connectivity index (χ2v) is 16.6. The van der Waals surface area contributed by atoms with Crippen molar-refractivity contribution in [1.29, 1.82) is 0 Å². The van der Waals surface area contributed by atoms with Crippen LogP contribution in [0.15, 0.2) is 203 Å². The second-order valence-electron chi connectivity index (χ2n) is 16.6. The summed E-state index contributed by atoms with van der Waals surface area (Å²) in [5.41, 5.74) is 17.6. The van der Waals surface area contributed by atoms with Crippen LogP contribution < -0.4 is 9.80 Å². The van der Waals surface area contributed by atoms with E-state index in [2.05, 4.69) is 194 Å². The van der Waals surface area contributed by atoms with E-state index in [0.717, 1.165) is 89.1 Å². The lowest BCUT2D eigenvalue weighted by Gasteiger charge is -2.29. The van der Waals surface area contributed by atoms with Crippen LogP contribution in [-0.4, -0.2) is 0 Å². The molecule has 0 N–H and O–H groups in total. The van der Waals surface area contributed by atoms with Gasteiger partial charge in [0.1, 0.15) is 22.3 Å². The van der Waals surface area contributed by atoms with E-state index < -0.39 is 0 Å². The molecule has 1 aliphatic rings. The number of fused-ring (bicyclic) bond motifs is 12. The summed E-state index contributed by atoms with van der Waals surface area (Å²) in [5, 5.41) is 9.41. The van der Waals surface area contributed by atoms with Gasteiger partial charge in [0.15, 0.2) is 0 Å². The van der Waals surface area contributed by atoms with Gasteiger partial charge in [0.05, 0.1) is 11.4 Å². The number of hydrogen-bond acceptors (Lipinski definition) is 4. The third-order valence-corrected chi connectivity index (χ3v) is 13.1. The molecule has 1 aliphatic carbocycles. The largest absolute Gasteiger partial charge is 0.456 e. The van der Waals surface area contributed by atoms with Crippen LogP contribution in [0.3, 0.4) is 0 Å². The molecule has 62 heavy (non-hydrogen) atoms. The van der Waals surface area contributed by atoms with E-state index in [0.29, 0.717) is 0 Å². The van der Waals surface area contributed by atoms with Crippen LogP contribution in [0.4, 0.5) is 34.1 Å². The van der Waals surface area contributed by atoms with E-state index in [1.54, 1.807) is 0 Å². The molecular formula is C58H38N2O2. The van der Waals surface area contributed by atoms with Crippen LogP contribution >= 0.6 is 0 Å². The van der Waals surface area contributed by atoms with Crippen molar-refractivity contribution in [3.05, 3.63) is 205 Å². The molecule has 2 heterocycles. The summed E-state index contributed by atoms with van der Waals surface area (Å²) in [7, 11) is 0. The van der Waals surface area contributed by atoms with Gasteiger partial charge in [-0.3, -0.25) is 0 Å². The molecule has 0 aliphatic heterocycles. The summed E-state index contributed by atoms with van der Waals surface area (Å²) >= 11 is 0. The number of rotatable bonds is 6. The molecular weight excluding hydrogens is 757 g/mol. The SMILES string of the molecule is Cc1c(N(c2ccccc2)c2ccc3cc4c(cc3c2)-c2cc3cc(N(c5ccccc5)c5ccc6c(oc7ccccc76)c5C)ccc3cc2-4)ccc2c1oc1ccccc12. The van der Waals surface area contributed by atoms with Gasteiger partial charge in [-0.05, 0) is 167 Å². The quantitative estimate of drug-likeness (QED) is 0.168. The third kappa shape index (κ3) is 5.13. The summed E-state index contributed by atoms with van der Waals surface area (Å²) in [6.45, 7) is 4.35. The zero-order valence-corrected chi connectivity index (χ0v) is 34.2. The van der Waals surface area contributed by atoms with Crippen LogP contribution in [0.1, 0.15) is 11.1 Å². The van der Waals surface area contributed by atoms with Crippen molar-refractivity contribution < 1.29 is 8.83 Å². The van der Waals surface area contributed by atoms with Gasteiger partial charge in [-0.2, -0.15) is 0 Å². The average molecular weight is 795 g/mol. The summed E-state index contributed by atoms with van der Waals surface area (Å²) < 4.78 is 13.0. The Morgan fingerprint density at radius 1 is 0.306 bits per heavy atom. The van der Waals surface area contributed by atoms with Gasteiger partial charge in [0.25, 0.3) is 0 Å². The Kier molecular flexibility index (Phi) is 7.40. The van der Waals surface area contributed by atoms with Crippen molar-refractivity contribution in [2.24, 2.45) is 0 Å². The highest BCUT2D eigenvalue weighted by Gasteiger charge is 2.26. The van der Waals surface area contributed by atoms with Gasteiger partial charge in [-0.15, -0.1) is 0 Å². The molecule has 292 valence electrons. The fourth-order valence-corrected chi connectivity index (χ4v) is 10.00. The van der Waals surface area contributed by atoms with E-state index in [-0.39, 0.29) is 0 Å². The molecule has 0 bridgehead atoms. The third-order valence-electron chi connectivity index (χ3n) is 13.1. The lowest BCUT2D eigenvalue weighted by molar-refractivity contribution is 0.665. The first kappa shape index (κ1) is 34.8. The highest BCUT2D eigenvalue weighted by molar-refractivity contribution is 6.13. The van der Waals surface area contributed by atoms with Crippen molar-refractivity contribution in [3.8, 4) is 22.3 Å². The first-order valence-corrected chi connectivity index (χ1v) is 21.2. The van der Waals surface area contributed by atoms with Crippen LogP contribution in [0.25, 0.3) is 87.7 Å². The maximum Gasteiger partial charge on any atom is 0.140 e. The van der Waals surface area contributed by atoms with E-state index in [4.69, 9.17) is 8.83 Å². The zero-order chi connectivity index (χ0) is 41.1. The van der Waals surface area contributed by atoms with Gasteiger partial charge in [-0.1, -0.05) is 84.9 Å². The summed E-state index contributed by atoms with van der Waals surface area (Å²) in [4.78, 5) is 4.71. The lowest BCUT2D eigenvalue weighted by Crippen LogP contribution is -2.11. The van der Waals surface area contributed by atoms with Crippen LogP contribution in [0, 0.1) is 13.8 Å². The predicted molar refractivity (Wildman–Crippen MR) is 259 cm³/mol.